The maximum Gasteiger partial charge on any atom is 0.282 e. The Bertz CT molecular complexity index is 1420. The molecule has 33 heavy (non-hydrogen) atoms. The van der Waals surface area contributed by atoms with Gasteiger partial charge in [0, 0.05) is 23.8 Å². The van der Waals surface area contributed by atoms with Gasteiger partial charge in [0.25, 0.3) is 11.5 Å². The predicted molar refractivity (Wildman–Crippen MR) is 125 cm³/mol. The number of hydrogen-bond acceptors (Lipinski definition) is 4. The molecule has 0 spiro atoms. The summed E-state index contributed by atoms with van der Waals surface area (Å²) in [7, 11) is 0. The average Bonchev–Trinajstić information content (AvgIpc) is 3.47. The lowest BCUT2D eigenvalue weighted by atomic mass is 10.1. The van der Waals surface area contributed by atoms with E-state index in [9.17, 15) is 14.0 Å². The fraction of sp³-hybridized carbons (Fsp3) is 0.0800. The highest BCUT2D eigenvalue weighted by Crippen LogP contribution is 2.23. The second-order valence-electron chi connectivity index (χ2n) is 7.55. The van der Waals surface area contributed by atoms with Crippen LogP contribution in [0.15, 0.2) is 89.3 Å². The first-order valence-electron chi connectivity index (χ1n) is 10.3. The van der Waals surface area contributed by atoms with Crippen molar-refractivity contribution in [2.75, 3.05) is 0 Å². The Morgan fingerprint density at radius 2 is 1.79 bits per heavy atom. The summed E-state index contributed by atoms with van der Waals surface area (Å²) in [6.45, 7) is 0.756. The van der Waals surface area contributed by atoms with Gasteiger partial charge in [0.15, 0.2) is 0 Å². The van der Waals surface area contributed by atoms with Crippen LogP contribution in [0.2, 0.25) is 0 Å². The van der Waals surface area contributed by atoms with Crippen molar-refractivity contribution in [1.82, 2.24) is 19.7 Å². The summed E-state index contributed by atoms with van der Waals surface area (Å²) in [6, 6.07) is 19.1. The minimum absolute atomic E-state index is 0.304. The number of carbonyl (C=O) groups excluding carboxylic acids is 1. The number of rotatable bonds is 6. The van der Waals surface area contributed by atoms with E-state index in [1.54, 1.807) is 52.6 Å². The minimum Gasteiger partial charge on any atom is -0.348 e. The largest absolute Gasteiger partial charge is 0.348 e. The third-order valence-electron chi connectivity index (χ3n) is 5.25. The first kappa shape index (κ1) is 20.8. The molecule has 164 valence electrons. The van der Waals surface area contributed by atoms with Gasteiger partial charge in [0.1, 0.15) is 11.5 Å². The van der Waals surface area contributed by atoms with Crippen molar-refractivity contribution in [3.05, 3.63) is 117 Å². The maximum absolute atomic E-state index is 13.3. The maximum atomic E-state index is 13.3. The zero-order valence-electron chi connectivity index (χ0n) is 17.4. The zero-order valence-corrected chi connectivity index (χ0v) is 18.3. The number of halogens is 1. The summed E-state index contributed by atoms with van der Waals surface area (Å²) in [6.07, 6.45) is 3.36. The molecule has 0 atom stereocenters. The molecule has 1 amide bonds. The first-order valence-corrected chi connectivity index (χ1v) is 11.2. The fourth-order valence-corrected chi connectivity index (χ4v) is 4.28. The summed E-state index contributed by atoms with van der Waals surface area (Å²) in [4.78, 5) is 27.4. The van der Waals surface area contributed by atoms with Gasteiger partial charge in [-0.1, -0.05) is 36.4 Å². The van der Waals surface area contributed by atoms with Crippen molar-refractivity contribution >= 4 is 17.2 Å². The molecule has 0 fully saturated rings. The normalized spacial score (nSPS) is 11.1. The molecule has 2 aromatic carbocycles. The number of thiophene rings is 1. The lowest BCUT2D eigenvalue weighted by Crippen LogP contribution is -2.24. The molecule has 2 aliphatic heterocycles. The molecule has 0 saturated carbocycles. The Balaban J connectivity index is 1.58. The molecule has 6 nitrogen and oxygen atoms in total. The molecule has 0 unspecified atom stereocenters. The monoisotopic (exact) mass is 458 g/mol. The molecular weight excluding hydrogens is 439 g/mol. The van der Waals surface area contributed by atoms with Crippen molar-refractivity contribution in [3.8, 4) is 16.9 Å². The van der Waals surface area contributed by atoms with E-state index in [0.717, 1.165) is 10.4 Å². The van der Waals surface area contributed by atoms with Crippen LogP contribution in [0.1, 0.15) is 20.8 Å². The third kappa shape index (κ3) is 4.33. The molecule has 3 heterocycles. The third-order valence-corrected chi connectivity index (χ3v) is 6.13. The molecular formula is C25H19FN4O2S. The van der Waals surface area contributed by atoms with Crippen LogP contribution in [-0.2, 0) is 13.1 Å². The molecule has 1 N–H and O–H groups in total. The van der Waals surface area contributed by atoms with E-state index in [0.29, 0.717) is 35.6 Å². The molecule has 5 rings (SSSR count). The minimum atomic E-state index is -0.321. The summed E-state index contributed by atoms with van der Waals surface area (Å²) >= 11 is 1.55. The van der Waals surface area contributed by atoms with Gasteiger partial charge in [-0.3, -0.25) is 9.59 Å². The van der Waals surface area contributed by atoms with E-state index in [2.05, 4.69) is 10.4 Å². The number of nitrogens with zero attached hydrogens (tertiary/aromatic N) is 3. The number of pyridine rings is 1. The van der Waals surface area contributed by atoms with Crippen LogP contribution in [-0.4, -0.2) is 20.3 Å². The Kier molecular flexibility index (Phi) is 5.58. The van der Waals surface area contributed by atoms with Crippen LogP contribution in [0.3, 0.4) is 0 Å². The molecule has 3 aromatic rings. The lowest BCUT2D eigenvalue weighted by molar-refractivity contribution is 0.0951. The number of fused-ring (bicyclic) bond motifs is 1. The summed E-state index contributed by atoms with van der Waals surface area (Å²) in [5, 5.41) is 9.36. The van der Waals surface area contributed by atoms with E-state index in [1.165, 1.54) is 16.8 Å². The van der Waals surface area contributed by atoms with E-state index >= 15 is 0 Å². The topological polar surface area (TPSA) is 68.9 Å². The van der Waals surface area contributed by atoms with Crippen molar-refractivity contribution in [2.45, 2.75) is 13.1 Å². The van der Waals surface area contributed by atoms with Gasteiger partial charge in [0.05, 0.1) is 23.4 Å². The fourth-order valence-electron chi connectivity index (χ4n) is 3.64. The SMILES string of the molecule is O=C(NCc1cccs1)c1cn(Cc2ccc(F)cc2)cc2c(=O)n(-c3ccccc3)nc1-2. The number of hydrogen-bond donors (Lipinski definition) is 1. The van der Waals surface area contributed by atoms with E-state index in [1.807, 2.05) is 35.7 Å². The van der Waals surface area contributed by atoms with E-state index in [-0.39, 0.29) is 17.3 Å². The molecule has 0 radical (unpaired) electrons. The Morgan fingerprint density at radius 1 is 1.00 bits per heavy atom. The summed E-state index contributed by atoms with van der Waals surface area (Å²) in [5.41, 5.74) is 2.13. The predicted octanol–water partition coefficient (Wildman–Crippen LogP) is 4.32. The van der Waals surface area contributed by atoms with Crippen LogP contribution in [0.4, 0.5) is 4.39 Å². The van der Waals surface area contributed by atoms with E-state index < -0.39 is 0 Å². The number of nitrogens with one attached hydrogen (secondary N) is 1. The molecule has 2 aliphatic rings. The molecule has 0 bridgehead atoms. The highest BCUT2D eigenvalue weighted by molar-refractivity contribution is 7.09. The average molecular weight is 459 g/mol. The highest BCUT2D eigenvalue weighted by atomic mass is 32.1. The van der Waals surface area contributed by atoms with Gasteiger partial charge in [-0.2, -0.15) is 9.78 Å². The van der Waals surface area contributed by atoms with Crippen LogP contribution < -0.4 is 10.9 Å². The highest BCUT2D eigenvalue weighted by Gasteiger charge is 2.24. The lowest BCUT2D eigenvalue weighted by Gasteiger charge is -2.13. The number of carbonyl (C=O) groups is 1. The van der Waals surface area contributed by atoms with Gasteiger partial charge in [0.2, 0.25) is 0 Å². The molecule has 8 heteroatoms. The molecule has 0 aliphatic carbocycles. The first-order chi connectivity index (χ1) is 16.1. The van der Waals surface area contributed by atoms with Crippen molar-refractivity contribution in [1.29, 1.82) is 0 Å². The second kappa shape index (κ2) is 8.84. The summed E-state index contributed by atoms with van der Waals surface area (Å²) in [5.74, 6) is -0.640. The van der Waals surface area contributed by atoms with Gasteiger partial charge in [-0.15, -0.1) is 11.3 Å². The second-order valence-corrected chi connectivity index (χ2v) is 8.58. The van der Waals surface area contributed by atoms with Crippen LogP contribution in [0, 0.1) is 5.82 Å². The number of para-hydroxylation sites is 1. The van der Waals surface area contributed by atoms with Crippen molar-refractivity contribution in [3.63, 3.8) is 0 Å². The Hall–Kier alpha value is -4.04. The van der Waals surface area contributed by atoms with Crippen molar-refractivity contribution in [2.24, 2.45) is 0 Å². The van der Waals surface area contributed by atoms with E-state index in [4.69, 9.17) is 0 Å². The molecule has 1 aromatic heterocycles. The van der Waals surface area contributed by atoms with Gasteiger partial charge >= 0.3 is 0 Å². The number of benzene rings is 2. The standard InChI is InChI=1S/C25H19FN4O2S/c26-18-10-8-17(9-11-18)14-29-15-21(24(31)27-13-20-7-4-12-33-20)23-22(16-29)25(32)30(28-23)19-5-2-1-3-6-19/h1-12,15-16H,13-14H2,(H,27,31). The number of aromatic nitrogens is 3. The zero-order chi connectivity index (χ0) is 22.8. The quantitative estimate of drug-likeness (QED) is 0.412. The van der Waals surface area contributed by atoms with Gasteiger partial charge in [-0.25, -0.2) is 4.39 Å². The Morgan fingerprint density at radius 3 is 2.52 bits per heavy atom. The van der Waals surface area contributed by atoms with Gasteiger partial charge < -0.3 is 9.88 Å². The Labute approximate surface area is 192 Å². The smallest absolute Gasteiger partial charge is 0.282 e. The molecule has 0 saturated heterocycles. The number of amides is 1. The van der Waals surface area contributed by atoms with Gasteiger partial charge in [-0.05, 0) is 41.3 Å². The van der Waals surface area contributed by atoms with Crippen molar-refractivity contribution < 1.29 is 9.18 Å². The van der Waals surface area contributed by atoms with Crippen LogP contribution >= 0.6 is 11.3 Å². The summed E-state index contributed by atoms with van der Waals surface area (Å²) < 4.78 is 16.4. The van der Waals surface area contributed by atoms with Crippen LogP contribution in [0.25, 0.3) is 16.9 Å². The van der Waals surface area contributed by atoms with Crippen LogP contribution in [0.5, 0.6) is 0 Å².